The zero-order valence-electron chi connectivity index (χ0n) is 11.2. The summed E-state index contributed by atoms with van der Waals surface area (Å²) < 4.78 is 13.9. The van der Waals surface area contributed by atoms with Gasteiger partial charge in [-0.3, -0.25) is 0 Å². The number of hydrogen-bond donors (Lipinski definition) is 0. The van der Waals surface area contributed by atoms with Gasteiger partial charge in [0, 0.05) is 0 Å². The van der Waals surface area contributed by atoms with Crippen LogP contribution in [0.25, 0.3) is 0 Å². The van der Waals surface area contributed by atoms with E-state index >= 15 is 0 Å². The van der Waals surface area contributed by atoms with Crippen LogP contribution in [0.3, 0.4) is 0 Å². The Morgan fingerprint density at radius 1 is 0.842 bits per heavy atom. The van der Waals surface area contributed by atoms with Crippen LogP contribution >= 0.6 is 0 Å². The molecular formula is C12H20Cl2N4O. The van der Waals surface area contributed by atoms with Crippen LogP contribution in [0.2, 0.25) is 0 Å². The number of nitrogens with zero attached hydrogens (tertiary/aromatic N) is 4. The summed E-state index contributed by atoms with van der Waals surface area (Å²) in [5.41, 5.74) is 0. The monoisotopic (exact) mass is 306 g/mol. The highest BCUT2D eigenvalue weighted by Gasteiger charge is 2.01. The summed E-state index contributed by atoms with van der Waals surface area (Å²) in [6, 6.07) is 0. The lowest BCUT2D eigenvalue weighted by atomic mass is 10.6. The van der Waals surface area contributed by atoms with Gasteiger partial charge >= 0.3 is 0 Å². The lowest BCUT2D eigenvalue weighted by Gasteiger charge is -2.00. The molecule has 0 N–H and O–H groups in total. The van der Waals surface area contributed by atoms with Crippen LogP contribution in [-0.2, 0) is 31.9 Å². The summed E-state index contributed by atoms with van der Waals surface area (Å²) in [6.45, 7) is 3.31. The molecule has 19 heavy (non-hydrogen) atoms. The van der Waals surface area contributed by atoms with Crippen molar-refractivity contribution in [3.05, 3.63) is 37.4 Å². The molecule has 0 unspecified atom stereocenters. The number of hydrogen-bond acceptors (Lipinski definition) is 1. The molecule has 0 aromatic carbocycles. The number of halogens is 2. The standard InChI is InChI=1S/C12H20N4O.2ClH/c1-13-3-5-15(11-13)7-9-17-10-8-16-6-4-14(2)12-16;;/h3-6,11-12H,7-10H2,1-2H3;2*1H/q+2;;/p-2. The van der Waals surface area contributed by atoms with Crippen LogP contribution in [0.15, 0.2) is 37.4 Å². The molecule has 0 atom stereocenters. The molecule has 2 aromatic heterocycles. The molecule has 0 amide bonds. The van der Waals surface area contributed by atoms with E-state index in [1.807, 2.05) is 35.6 Å². The molecule has 2 heterocycles. The lowest BCUT2D eigenvalue weighted by Crippen LogP contribution is -3.00. The minimum atomic E-state index is 0. The molecule has 0 aliphatic carbocycles. The molecule has 7 heteroatoms. The Morgan fingerprint density at radius 2 is 1.26 bits per heavy atom. The van der Waals surface area contributed by atoms with Crippen molar-refractivity contribution < 1.29 is 38.7 Å². The predicted octanol–water partition coefficient (Wildman–Crippen LogP) is -6.34. The zero-order valence-corrected chi connectivity index (χ0v) is 12.8. The zero-order chi connectivity index (χ0) is 12.1. The highest BCUT2D eigenvalue weighted by Crippen LogP contribution is 1.88. The van der Waals surface area contributed by atoms with Gasteiger partial charge in [-0.1, -0.05) is 0 Å². The van der Waals surface area contributed by atoms with Crippen LogP contribution in [-0.4, -0.2) is 22.3 Å². The molecule has 5 nitrogen and oxygen atoms in total. The van der Waals surface area contributed by atoms with Crippen LogP contribution in [0.5, 0.6) is 0 Å². The van der Waals surface area contributed by atoms with Crippen molar-refractivity contribution in [1.29, 1.82) is 0 Å². The first-order valence-electron chi connectivity index (χ1n) is 5.84. The SMILES string of the molecule is C[n+]1ccn(CCOCCn2cc[n+](C)c2)c1.[Cl-].[Cl-]. The first-order valence-corrected chi connectivity index (χ1v) is 5.84. The quantitative estimate of drug-likeness (QED) is 0.385. The van der Waals surface area contributed by atoms with Gasteiger partial charge in [0.2, 0.25) is 12.7 Å². The lowest BCUT2D eigenvalue weighted by molar-refractivity contribution is -0.671. The highest BCUT2D eigenvalue weighted by molar-refractivity contribution is 4.66. The van der Waals surface area contributed by atoms with Crippen LogP contribution < -0.4 is 33.9 Å². The molecule has 0 bridgehead atoms. The first-order chi connectivity index (χ1) is 8.24. The summed E-state index contributed by atoms with van der Waals surface area (Å²) in [6.07, 6.45) is 12.3. The fraction of sp³-hybridized carbons (Fsp3) is 0.500. The van der Waals surface area contributed by atoms with Gasteiger partial charge in [0.15, 0.2) is 0 Å². The average molecular weight is 307 g/mol. The number of aromatic nitrogens is 4. The average Bonchev–Trinajstić information content (AvgIpc) is 2.88. The fourth-order valence-corrected chi connectivity index (χ4v) is 1.71. The number of aryl methyl sites for hydroxylation is 2. The van der Waals surface area contributed by atoms with E-state index in [-0.39, 0.29) is 24.8 Å². The van der Waals surface area contributed by atoms with Crippen molar-refractivity contribution in [2.75, 3.05) is 13.2 Å². The highest BCUT2D eigenvalue weighted by atomic mass is 35.5. The Hall–Kier alpha value is -1.04. The third-order valence-electron chi connectivity index (χ3n) is 2.64. The van der Waals surface area contributed by atoms with E-state index in [9.17, 15) is 0 Å². The maximum atomic E-state index is 5.60. The van der Waals surface area contributed by atoms with Gasteiger partial charge in [0.05, 0.1) is 27.3 Å². The van der Waals surface area contributed by atoms with Crippen LogP contribution in [0.4, 0.5) is 0 Å². The summed E-state index contributed by atoms with van der Waals surface area (Å²) >= 11 is 0. The second-order valence-corrected chi connectivity index (χ2v) is 4.25. The summed E-state index contributed by atoms with van der Waals surface area (Å²) in [5.74, 6) is 0. The van der Waals surface area contributed by atoms with E-state index in [0.29, 0.717) is 0 Å². The number of rotatable bonds is 6. The molecule has 2 rings (SSSR count). The van der Waals surface area contributed by atoms with Crippen molar-refractivity contribution in [3.63, 3.8) is 0 Å². The third-order valence-corrected chi connectivity index (χ3v) is 2.64. The Morgan fingerprint density at radius 3 is 1.58 bits per heavy atom. The Balaban J connectivity index is 0.00000162. The smallest absolute Gasteiger partial charge is 0.243 e. The van der Waals surface area contributed by atoms with Gasteiger partial charge in [0.25, 0.3) is 0 Å². The van der Waals surface area contributed by atoms with Crippen molar-refractivity contribution in [2.24, 2.45) is 14.1 Å². The molecule has 0 radical (unpaired) electrons. The summed E-state index contributed by atoms with van der Waals surface area (Å²) in [5, 5.41) is 0. The number of ether oxygens (including phenoxy) is 1. The minimum Gasteiger partial charge on any atom is -1.00 e. The topological polar surface area (TPSA) is 26.8 Å². The molecule has 0 aliphatic rings. The van der Waals surface area contributed by atoms with E-state index in [1.165, 1.54) is 0 Å². The molecule has 0 fully saturated rings. The fourth-order valence-electron chi connectivity index (χ4n) is 1.71. The van der Waals surface area contributed by atoms with E-state index in [0.717, 1.165) is 26.3 Å². The van der Waals surface area contributed by atoms with Crippen molar-refractivity contribution in [2.45, 2.75) is 13.1 Å². The van der Waals surface area contributed by atoms with Gasteiger partial charge in [-0.2, -0.15) is 0 Å². The second-order valence-electron chi connectivity index (χ2n) is 4.25. The normalized spacial score (nSPS) is 9.79. The van der Waals surface area contributed by atoms with Gasteiger partial charge < -0.3 is 29.6 Å². The van der Waals surface area contributed by atoms with Crippen molar-refractivity contribution >= 4 is 0 Å². The van der Waals surface area contributed by atoms with Gasteiger partial charge in [-0.05, 0) is 0 Å². The van der Waals surface area contributed by atoms with E-state index in [1.54, 1.807) is 0 Å². The Bertz CT molecular complexity index is 427. The predicted molar refractivity (Wildman–Crippen MR) is 62.0 cm³/mol. The van der Waals surface area contributed by atoms with Gasteiger partial charge in [-0.25, -0.2) is 18.3 Å². The molecule has 0 aliphatic heterocycles. The van der Waals surface area contributed by atoms with Crippen LogP contribution in [0.1, 0.15) is 0 Å². The molecule has 0 spiro atoms. The minimum absolute atomic E-state index is 0. The van der Waals surface area contributed by atoms with E-state index in [4.69, 9.17) is 4.74 Å². The third kappa shape index (κ3) is 6.09. The largest absolute Gasteiger partial charge is 1.00 e. The second kappa shape index (κ2) is 8.96. The van der Waals surface area contributed by atoms with Crippen molar-refractivity contribution in [1.82, 2.24) is 9.13 Å². The molecule has 0 saturated heterocycles. The molecule has 0 saturated carbocycles. The first kappa shape index (κ1) is 18.0. The van der Waals surface area contributed by atoms with Gasteiger partial charge in [-0.15, -0.1) is 0 Å². The van der Waals surface area contributed by atoms with Crippen LogP contribution in [0, 0.1) is 0 Å². The van der Waals surface area contributed by atoms with Crippen molar-refractivity contribution in [3.8, 4) is 0 Å². The van der Waals surface area contributed by atoms with Gasteiger partial charge in [0.1, 0.15) is 37.9 Å². The summed E-state index contributed by atoms with van der Waals surface area (Å²) in [7, 11) is 4.03. The molecule has 2 aromatic rings. The van der Waals surface area contributed by atoms with E-state index in [2.05, 4.69) is 34.2 Å². The summed E-state index contributed by atoms with van der Waals surface area (Å²) in [4.78, 5) is 0. The molecular weight excluding hydrogens is 287 g/mol. The maximum absolute atomic E-state index is 5.60. The molecule has 108 valence electrons. The number of imidazole rings is 2. The van der Waals surface area contributed by atoms with E-state index < -0.39 is 0 Å². The maximum Gasteiger partial charge on any atom is 0.243 e. The Kier molecular flexibility index (Phi) is 8.47. The Labute approximate surface area is 126 Å².